The lowest BCUT2D eigenvalue weighted by molar-refractivity contribution is -0.147. The van der Waals surface area contributed by atoms with E-state index < -0.39 is 5.54 Å². The highest BCUT2D eigenvalue weighted by atomic mass is 16.5. The molecular weight excluding hydrogens is 238 g/mol. The molecule has 1 saturated carbocycles. The highest BCUT2D eigenvalue weighted by Gasteiger charge is 2.43. The molecule has 0 amide bonds. The van der Waals surface area contributed by atoms with E-state index in [2.05, 4.69) is 0 Å². The summed E-state index contributed by atoms with van der Waals surface area (Å²) in [5, 5.41) is 0. The van der Waals surface area contributed by atoms with Crippen molar-refractivity contribution in [3.05, 3.63) is 0 Å². The fourth-order valence-electron chi connectivity index (χ4n) is 2.08. The van der Waals surface area contributed by atoms with E-state index in [4.69, 9.17) is 24.7 Å². The Morgan fingerprint density at radius 3 is 2.67 bits per heavy atom. The SMILES string of the molecule is COCCOCCOC1CCC(N)(C(=O)OC)C1. The van der Waals surface area contributed by atoms with Gasteiger partial charge in [0.05, 0.1) is 39.6 Å². The van der Waals surface area contributed by atoms with E-state index in [1.807, 2.05) is 0 Å². The van der Waals surface area contributed by atoms with Gasteiger partial charge in [0.2, 0.25) is 0 Å². The van der Waals surface area contributed by atoms with E-state index >= 15 is 0 Å². The topological polar surface area (TPSA) is 80.0 Å². The molecule has 6 heteroatoms. The van der Waals surface area contributed by atoms with Crippen LogP contribution in [-0.2, 0) is 23.7 Å². The number of carbonyl (C=O) groups excluding carboxylic acids is 1. The number of carbonyl (C=O) groups is 1. The minimum Gasteiger partial charge on any atom is -0.468 e. The first-order chi connectivity index (χ1) is 8.62. The summed E-state index contributed by atoms with van der Waals surface area (Å²) in [5.41, 5.74) is 5.09. The van der Waals surface area contributed by atoms with E-state index in [1.54, 1.807) is 7.11 Å². The molecular formula is C12H23NO5. The smallest absolute Gasteiger partial charge is 0.325 e. The van der Waals surface area contributed by atoms with Gasteiger partial charge in [0.1, 0.15) is 5.54 Å². The fraction of sp³-hybridized carbons (Fsp3) is 0.917. The van der Waals surface area contributed by atoms with Gasteiger partial charge >= 0.3 is 5.97 Å². The van der Waals surface area contributed by atoms with Gasteiger partial charge in [0.25, 0.3) is 0 Å². The molecule has 0 aliphatic heterocycles. The zero-order chi connectivity index (χ0) is 13.4. The van der Waals surface area contributed by atoms with Crippen molar-refractivity contribution in [1.82, 2.24) is 0 Å². The van der Waals surface area contributed by atoms with Gasteiger partial charge in [-0.2, -0.15) is 0 Å². The van der Waals surface area contributed by atoms with E-state index in [0.29, 0.717) is 39.3 Å². The molecule has 1 rings (SSSR count). The molecule has 0 aromatic carbocycles. The van der Waals surface area contributed by atoms with Gasteiger partial charge in [0, 0.05) is 13.5 Å². The maximum Gasteiger partial charge on any atom is 0.325 e. The highest BCUT2D eigenvalue weighted by molar-refractivity contribution is 5.80. The van der Waals surface area contributed by atoms with Crippen molar-refractivity contribution in [2.75, 3.05) is 40.6 Å². The largest absolute Gasteiger partial charge is 0.468 e. The van der Waals surface area contributed by atoms with Crippen LogP contribution in [0.15, 0.2) is 0 Å². The molecule has 0 aromatic rings. The second-order valence-corrected chi connectivity index (χ2v) is 4.49. The molecule has 2 N–H and O–H groups in total. The Hall–Kier alpha value is -0.690. The summed E-state index contributed by atoms with van der Waals surface area (Å²) in [6.45, 7) is 2.17. The lowest BCUT2D eigenvalue weighted by Gasteiger charge is -2.20. The van der Waals surface area contributed by atoms with Crippen LogP contribution in [0.5, 0.6) is 0 Å². The number of methoxy groups -OCH3 is 2. The number of esters is 1. The summed E-state index contributed by atoms with van der Waals surface area (Å²) in [5.74, 6) is -0.357. The van der Waals surface area contributed by atoms with E-state index in [-0.39, 0.29) is 12.1 Å². The Balaban J connectivity index is 2.13. The Kier molecular flexibility index (Phi) is 6.56. The molecule has 1 fully saturated rings. The average Bonchev–Trinajstić information content (AvgIpc) is 2.76. The minimum absolute atomic E-state index is 0.0140. The number of nitrogens with two attached hydrogens (primary N) is 1. The van der Waals surface area contributed by atoms with Gasteiger partial charge in [-0.15, -0.1) is 0 Å². The normalized spacial score (nSPS) is 27.4. The van der Waals surface area contributed by atoms with Crippen molar-refractivity contribution in [1.29, 1.82) is 0 Å². The summed E-state index contributed by atoms with van der Waals surface area (Å²) >= 11 is 0. The van der Waals surface area contributed by atoms with Gasteiger partial charge in [-0.05, 0) is 12.8 Å². The third-order valence-corrected chi connectivity index (χ3v) is 3.11. The van der Waals surface area contributed by atoms with Crippen LogP contribution in [0.2, 0.25) is 0 Å². The molecule has 1 aliphatic carbocycles. The van der Waals surface area contributed by atoms with Crippen molar-refractivity contribution in [3.63, 3.8) is 0 Å². The molecule has 0 bridgehead atoms. The zero-order valence-corrected chi connectivity index (χ0v) is 11.1. The molecule has 106 valence electrons. The van der Waals surface area contributed by atoms with Crippen LogP contribution in [0.1, 0.15) is 19.3 Å². The second-order valence-electron chi connectivity index (χ2n) is 4.49. The standard InChI is InChI=1S/C12H23NO5/c1-15-5-6-17-7-8-18-10-3-4-12(13,9-10)11(14)16-2/h10H,3-9,13H2,1-2H3. The predicted molar refractivity (Wildman–Crippen MR) is 65.2 cm³/mol. The molecule has 6 nitrogen and oxygen atoms in total. The molecule has 2 atom stereocenters. The lowest BCUT2D eigenvalue weighted by Crippen LogP contribution is -2.46. The first-order valence-corrected chi connectivity index (χ1v) is 6.18. The van der Waals surface area contributed by atoms with Crippen LogP contribution in [0, 0.1) is 0 Å². The Bertz CT molecular complexity index is 261. The summed E-state index contributed by atoms with van der Waals surface area (Å²) in [4.78, 5) is 11.5. The van der Waals surface area contributed by atoms with E-state index in [1.165, 1.54) is 7.11 Å². The van der Waals surface area contributed by atoms with Crippen LogP contribution in [-0.4, -0.2) is 58.3 Å². The summed E-state index contributed by atoms with van der Waals surface area (Å²) in [7, 11) is 2.99. The number of ether oxygens (including phenoxy) is 4. The quantitative estimate of drug-likeness (QED) is 0.492. The third-order valence-electron chi connectivity index (χ3n) is 3.11. The Labute approximate surface area is 108 Å². The molecule has 2 unspecified atom stereocenters. The fourth-order valence-corrected chi connectivity index (χ4v) is 2.08. The van der Waals surface area contributed by atoms with Crippen molar-refractivity contribution in [3.8, 4) is 0 Å². The van der Waals surface area contributed by atoms with E-state index in [0.717, 1.165) is 6.42 Å². The van der Waals surface area contributed by atoms with Crippen molar-refractivity contribution in [2.24, 2.45) is 5.73 Å². The first-order valence-electron chi connectivity index (χ1n) is 6.18. The molecule has 1 aliphatic rings. The maximum atomic E-state index is 11.5. The monoisotopic (exact) mass is 261 g/mol. The van der Waals surface area contributed by atoms with Gasteiger partial charge in [0.15, 0.2) is 0 Å². The van der Waals surface area contributed by atoms with Crippen LogP contribution >= 0.6 is 0 Å². The predicted octanol–water partition coefficient (Wildman–Crippen LogP) is 0.0890. The Morgan fingerprint density at radius 2 is 2.00 bits per heavy atom. The van der Waals surface area contributed by atoms with Gasteiger partial charge < -0.3 is 24.7 Å². The number of hydrogen-bond acceptors (Lipinski definition) is 6. The average molecular weight is 261 g/mol. The van der Waals surface area contributed by atoms with Crippen molar-refractivity contribution < 1.29 is 23.7 Å². The summed E-state index contributed by atoms with van der Waals surface area (Å²) in [6.07, 6.45) is 1.91. The van der Waals surface area contributed by atoms with Crippen LogP contribution in [0.4, 0.5) is 0 Å². The van der Waals surface area contributed by atoms with Crippen LogP contribution < -0.4 is 5.73 Å². The van der Waals surface area contributed by atoms with Crippen LogP contribution in [0.25, 0.3) is 0 Å². The molecule has 0 aromatic heterocycles. The first kappa shape index (κ1) is 15.4. The highest BCUT2D eigenvalue weighted by Crippen LogP contribution is 2.30. The Morgan fingerprint density at radius 1 is 1.28 bits per heavy atom. The van der Waals surface area contributed by atoms with Crippen LogP contribution in [0.3, 0.4) is 0 Å². The number of hydrogen-bond donors (Lipinski definition) is 1. The van der Waals surface area contributed by atoms with Crippen molar-refractivity contribution in [2.45, 2.75) is 30.9 Å². The van der Waals surface area contributed by atoms with Gasteiger partial charge in [-0.25, -0.2) is 0 Å². The number of rotatable bonds is 8. The second kappa shape index (κ2) is 7.68. The van der Waals surface area contributed by atoms with E-state index in [9.17, 15) is 4.79 Å². The molecule has 0 saturated heterocycles. The molecule has 0 heterocycles. The zero-order valence-electron chi connectivity index (χ0n) is 11.1. The van der Waals surface area contributed by atoms with Gasteiger partial charge in [-0.3, -0.25) is 4.79 Å². The maximum absolute atomic E-state index is 11.5. The molecule has 18 heavy (non-hydrogen) atoms. The minimum atomic E-state index is -0.879. The third kappa shape index (κ3) is 4.53. The lowest BCUT2D eigenvalue weighted by atomic mass is 10.00. The molecule has 0 radical (unpaired) electrons. The summed E-state index contributed by atoms with van der Waals surface area (Å²) in [6, 6.07) is 0. The summed E-state index contributed by atoms with van der Waals surface area (Å²) < 4.78 is 20.5. The molecule has 0 spiro atoms. The van der Waals surface area contributed by atoms with Gasteiger partial charge in [-0.1, -0.05) is 0 Å². The van der Waals surface area contributed by atoms with Crippen molar-refractivity contribution >= 4 is 5.97 Å².